The normalized spacial score (nSPS) is 14.6. The Bertz CT molecular complexity index is 2270. The van der Waals surface area contributed by atoms with Gasteiger partial charge in [-0.2, -0.15) is 0 Å². The molecule has 0 aliphatic carbocycles. The lowest BCUT2D eigenvalue weighted by Crippen LogP contribution is -2.30. The zero-order valence-corrected chi connectivity index (χ0v) is 65.6. The zero-order chi connectivity index (χ0) is 73.7. The van der Waals surface area contributed by atoms with Gasteiger partial charge >= 0.3 is 33.6 Å². The van der Waals surface area contributed by atoms with Crippen molar-refractivity contribution in [2.24, 2.45) is 0 Å². The molecule has 0 rings (SSSR count). The minimum absolute atomic E-state index is 0.105. The molecule has 0 saturated carbocycles. The van der Waals surface area contributed by atoms with E-state index in [9.17, 15) is 43.5 Å². The van der Waals surface area contributed by atoms with E-state index in [1.807, 2.05) is 0 Å². The molecule has 0 aliphatic rings. The van der Waals surface area contributed by atoms with E-state index in [2.05, 4.69) is 130 Å². The van der Waals surface area contributed by atoms with Gasteiger partial charge < -0.3 is 34.2 Å². The summed E-state index contributed by atoms with van der Waals surface area (Å²) in [6, 6.07) is 0. The lowest BCUT2D eigenvalue weighted by molar-refractivity contribution is -0.161. The number of hydrogen-bond donors (Lipinski definition) is 4. The predicted octanol–water partition coefficient (Wildman–Crippen LogP) is 23.5. The first-order chi connectivity index (χ1) is 49.2. The summed E-state index contributed by atoms with van der Waals surface area (Å²) in [7, 11) is -9.78. The van der Waals surface area contributed by atoms with Crippen LogP contribution in [0.1, 0.15) is 342 Å². The zero-order valence-electron chi connectivity index (χ0n) is 63.8. The Kier molecular flexibility index (Phi) is 73.0. The van der Waals surface area contributed by atoms with E-state index in [4.69, 9.17) is 32.3 Å². The van der Waals surface area contributed by atoms with Crippen LogP contribution in [0.5, 0.6) is 0 Å². The van der Waals surface area contributed by atoms with Gasteiger partial charge in [0.15, 0.2) is 6.10 Å². The molecule has 0 saturated heterocycles. The number of esters is 3. The monoisotopic (exact) mass is 1460 g/mol. The Hall–Kier alpha value is -3.79. The van der Waals surface area contributed by atoms with Crippen LogP contribution < -0.4 is 0 Å². The van der Waals surface area contributed by atoms with Gasteiger partial charge in [-0.05, 0) is 109 Å². The Morgan fingerprint density at radius 3 is 0.851 bits per heavy atom. The molecule has 0 radical (unpaired) electrons. The Labute approximate surface area is 615 Å². The molecule has 101 heavy (non-hydrogen) atoms. The highest BCUT2D eigenvalue weighted by atomic mass is 31.2. The van der Waals surface area contributed by atoms with Gasteiger partial charge in [-0.15, -0.1) is 0 Å². The third-order valence-electron chi connectivity index (χ3n) is 17.0. The molecule has 4 N–H and O–H groups in total. The Balaban J connectivity index is 4.41. The second kappa shape index (κ2) is 75.9. The number of ether oxygens (including phenoxy) is 3. The summed E-state index contributed by atoms with van der Waals surface area (Å²) in [5, 5.41) is 20.6. The van der Waals surface area contributed by atoms with E-state index in [1.54, 1.807) is 0 Å². The molecule has 0 aromatic carbocycles. The molecule has 16 nitrogen and oxygen atoms in total. The average Bonchev–Trinajstić information content (AvgIpc) is 0.933. The molecule has 0 spiro atoms. The Morgan fingerprint density at radius 2 is 0.525 bits per heavy atom. The van der Waals surface area contributed by atoms with Crippen molar-refractivity contribution in [2.75, 3.05) is 39.6 Å². The van der Waals surface area contributed by atoms with Crippen LogP contribution in [0.15, 0.2) is 109 Å². The van der Waals surface area contributed by atoms with Crippen LogP contribution in [0, 0.1) is 0 Å². The number of allylic oxidation sites excluding steroid dienone is 18. The maximum atomic E-state index is 12.9. The second-order valence-electron chi connectivity index (χ2n) is 26.8. The first-order valence-corrected chi connectivity index (χ1v) is 43.2. The molecule has 18 heteroatoms. The van der Waals surface area contributed by atoms with Crippen molar-refractivity contribution < 1.29 is 75.8 Å². The third-order valence-corrected chi connectivity index (χ3v) is 18.9. The molecule has 0 heterocycles. The highest BCUT2D eigenvalue weighted by Gasteiger charge is 2.29. The standard InChI is InChI=1S/C83H146O16P2/c1-4-7-10-13-16-19-22-25-27-29-31-32-33-34-35-36-37-38-39-40-41-42-43-44-46-48-49-52-54-57-60-63-66-69-81(86)93-72-78(84)73-95-100(89,90)96-74-79(85)75-97-101(91,92)98-77-80(99-83(88)71-68-65-62-59-56-51-24-21-18-15-12-9-6-3)76-94-82(87)70-67-64-61-58-55-53-50-47-45-30-28-26-23-20-17-14-11-8-5-2/h7,10,16-17,19-20,25-28,31-32,34-35,37-38,45,47,78-80,84-85H,4-6,8-9,11-15,18,21-24,29-30,33,36,39-44,46,48-77H2,1-3H3,(H,89,90)(H,91,92)/b10-7-,19-16-,20-17-,27-25-,28-26-,32-31-,35-34-,38-37-,47-45-. The van der Waals surface area contributed by atoms with E-state index in [-0.39, 0.29) is 19.3 Å². The van der Waals surface area contributed by atoms with Gasteiger partial charge in [0.25, 0.3) is 0 Å². The van der Waals surface area contributed by atoms with Gasteiger partial charge in [0.1, 0.15) is 25.4 Å². The summed E-state index contributed by atoms with van der Waals surface area (Å²) in [5.74, 6) is -1.58. The van der Waals surface area contributed by atoms with E-state index >= 15 is 0 Å². The number of aliphatic hydroxyl groups is 2. The molecule has 0 aliphatic heterocycles. The topological polar surface area (TPSA) is 231 Å². The van der Waals surface area contributed by atoms with Crippen LogP contribution >= 0.6 is 15.6 Å². The van der Waals surface area contributed by atoms with Crippen LogP contribution in [-0.2, 0) is 55.8 Å². The van der Waals surface area contributed by atoms with E-state index in [1.165, 1.54) is 135 Å². The summed E-state index contributed by atoms with van der Waals surface area (Å²) < 4.78 is 61.1. The summed E-state index contributed by atoms with van der Waals surface area (Å²) in [4.78, 5) is 58.6. The number of carbonyl (C=O) groups is 3. The largest absolute Gasteiger partial charge is 0.472 e. The molecule has 0 amide bonds. The maximum absolute atomic E-state index is 12.9. The van der Waals surface area contributed by atoms with Crippen LogP contribution in [0.25, 0.3) is 0 Å². The fraction of sp³-hybridized carbons (Fsp3) is 0.747. The molecule has 5 atom stereocenters. The number of hydrogen-bond acceptors (Lipinski definition) is 14. The molecule has 584 valence electrons. The van der Waals surface area contributed by atoms with Crippen LogP contribution in [0.3, 0.4) is 0 Å². The molecule has 0 aromatic heterocycles. The van der Waals surface area contributed by atoms with Gasteiger partial charge in [0.05, 0.1) is 26.4 Å². The van der Waals surface area contributed by atoms with Crippen molar-refractivity contribution in [2.45, 2.75) is 360 Å². The summed E-state index contributed by atoms with van der Waals surface area (Å²) >= 11 is 0. The number of phosphoric acid groups is 2. The fourth-order valence-electron chi connectivity index (χ4n) is 10.9. The van der Waals surface area contributed by atoms with Gasteiger partial charge in [0, 0.05) is 19.3 Å². The van der Waals surface area contributed by atoms with Crippen molar-refractivity contribution in [1.29, 1.82) is 0 Å². The minimum Gasteiger partial charge on any atom is -0.463 e. The van der Waals surface area contributed by atoms with Crippen LogP contribution in [-0.4, -0.2) is 95.9 Å². The van der Waals surface area contributed by atoms with Crippen molar-refractivity contribution in [1.82, 2.24) is 0 Å². The molecule has 5 unspecified atom stereocenters. The van der Waals surface area contributed by atoms with Crippen molar-refractivity contribution in [3.05, 3.63) is 109 Å². The third kappa shape index (κ3) is 77.1. The van der Waals surface area contributed by atoms with Crippen molar-refractivity contribution >= 4 is 33.6 Å². The van der Waals surface area contributed by atoms with Crippen LogP contribution in [0.4, 0.5) is 0 Å². The van der Waals surface area contributed by atoms with Crippen LogP contribution in [0.2, 0.25) is 0 Å². The fourth-order valence-corrected chi connectivity index (χ4v) is 12.5. The molecule has 0 aromatic rings. The number of unbranched alkanes of at least 4 members (excludes halogenated alkanes) is 35. The predicted molar refractivity (Wildman–Crippen MR) is 417 cm³/mol. The first-order valence-electron chi connectivity index (χ1n) is 40.2. The molecule has 0 bridgehead atoms. The lowest BCUT2D eigenvalue weighted by atomic mass is 10.0. The van der Waals surface area contributed by atoms with Gasteiger partial charge in [-0.3, -0.25) is 32.5 Å². The number of rotatable bonds is 76. The maximum Gasteiger partial charge on any atom is 0.472 e. The SMILES string of the molecule is CC/C=C\C/C=C\C/C=C\C/C=C\C/C=C\C/C=C\CCCCCCCCCCCCCCCCC(=O)OCC(O)COP(=O)(O)OCC(O)COP(=O)(O)OCC(COC(=O)CCCCCCCC/C=C\C/C=C\C/C=C\CCCCC)OC(=O)CCCCCCCCCCCCCCC. The average molecular weight is 1460 g/mol. The lowest BCUT2D eigenvalue weighted by Gasteiger charge is -2.21. The number of carbonyl (C=O) groups excluding carboxylic acids is 3. The molecular weight excluding hydrogens is 1310 g/mol. The highest BCUT2D eigenvalue weighted by Crippen LogP contribution is 2.45. The molecular formula is C83H146O16P2. The summed E-state index contributed by atoms with van der Waals surface area (Å²) in [6.07, 6.45) is 88.6. The Morgan fingerprint density at radius 1 is 0.287 bits per heavy atom. The smallest absolute Gasteiger partial charge is 0.463 e. The van der Waals surface area contributed by atoms with E-state index < -0.39 is 91.5 Å². The van der Waals surface area contributed by atoms with Gasteiger partial charge in [-0.25, -0.2) is 9.13 Å². The summed E-state index contributed by atoms with van der Waals surface area (Å²) in [5.41, 5.74) is 0. The highest BCUT2D eigenvalue weighted by molar-refractivity contribution is 7.47. The van der Waals surface area contributed by atoms with E-state index in [0.717, 1.165) is 148 Å². The van der Waals surface area contributed by atoms with Crippen molar-refractivity contribution in [3.63, 3.8) is 0 Å². The number of phosphoric ester groups is 2. The summed E-state index contributed by atoms with van der Waals surface area (Å²) in [6.45, 7) is 2.56. The second-order valence-corrected chi connectivity index (χ2v) is 29.8. The van der Waals surface area contributed by atoms with Crippen molar-refractivity contribution in [3.8, 4) is 0 Å². The van der Waals surface area contributed by atoms with E-state index in [0.29, 0.717) is 19.3 Å². The minimum atomic E-state index is -4.93. The first kappa shape index (κ1) is 97.2. The molecule has 0 fully saturated rings. The van der Waals surface area contributed by atoms with Gasteiger partial charge in [0.2, 0.25) is 0 Å². The van der Waals surface area contributed by atoms with Gasteiger partial charge in [-0.1, -0.05) is 323 Å². The quantitative estimate of drug-likeness (QED) is 0.0146. The number of aliphatic hydroxyl groups excluding tert-OH is 2.